The molecule has 1 fully saturated rings. The van der Waals surface area contributed by atoms with Crippen LogP contribution in [0.1, 0.15) is 26.2 Å². The van der Waals surface area contributed by atoms with E-state index in [1.54, 1.807) is 6.20 Å². The second-order valence-electron chi connectivity index (χ2n) is 4.02. The highest BCUT2D eigenvalue weighted by Crippen LogP contribution is 2.23. The van der Waals surface area contributed by atoms with Crippen LogP contribution in [0.2, 0.25) is 5.28 Å². The van der Waals surface area contributed by atoms with Crippen LogP contribution in [0.4, 0.5) is 5.82 Å². The predicted octanol–water partition coefficient (Wildman–Crippen LogP) is 2.76. The molecule has 0 N–H and O–H groups in total. The van der Waals surface area contributed by atoms with Gasteiger partial charge in [0.2, 0.25) is 5.28 Å². The van der Waals surface area contributed by atoms with Crippen molar-refractivity contribution < 1.29 is 0 Å². The average Bonchev–Trinajstić information content (AvgIpc) is 2.29. The molecule has 0 amide bonds. The SMILES string of the molecule is CCC1CCN(c2ccnc(Cl)n2)CC1. The molecule has 0 atom stereocenters. The van der Waals surface area contributed by atoms with Gasteiger partial charge in [0.25, 0.3) is 0 Å². The first-order valence-electron chi connectivity index (χ1n) is 5.53. The maximum Gasteiger partial charge on any atom is 0.224 e. The number of halogens is 1. The summed E-state index contributed by atoms with van der Waals surface area (Å²) in [7, 11) is 0. The third kappa shape index (κ3) is 2.59. The largest absolute Gasteiger partial charge is 0.356 e. The molecular formula is C11H16ClN3. The van der Waals surface area contributed by atoms with E-state index in [9.17, 15) is 0 Å². The predicted molar refractivity (Wildman–Crippen MR) is 62.3 cm³/mol. The zero-order chi connectivity index (χ0) is 10.7. The normalized spacial score (nSPS) is 18.1. The second-order valence-corrected chi connectivity index (χ2v) is 4.36. The van der Waals surface area contributed by atoms with Crippen LogP contribution < -0.4 is 4.90 Å². The summed E-state index contributed by atoms with van der Waals surface area (Å²) in [6.07, 6.45) is 5.53. The van der Waals surface area contributed by atoms with Crippen LogP contribution in [0.5, 0.6) is 0 Å². The van der Waals surface area contributed by atoms with Crippen molar-refractivity contribution in [3.05, 3.63) is 17.5 Å². The van der Waals surface area contributed by atoms with Crippen molar-refractivity contribution in [3.8, 4) is 0 Å². The van der Waals surface area contributed by atoms with Crippen LogP contribution in [-0.4, -0.2) is 23.1 Å². The van der Waals surface area contributed by atoms with Crippen molar-refractivity contribution >= 4 is 17.4 Å². The summed E-state index contributed by atoms with van der Waals surface area (Å²) in [5.74, 6) is 1.85. The summed E-state index contributed by atoms with van der Waals surface area (Å²) >= 11 is 5.77. The molecule has 4 heteroatoms. The average molecular weight is 226 g/mol. The van der Waals surface area contributed by atoms with Gasteiger partial charge >= 0.3 is 0 Å². The van der Waals surface area contributed by atoms with Crippen molar-refractivity contribution in [2.24, 2.45) is 5.92 Å². The molecule has 1 aromatic rings. The molecule has 3 nitrogen and oxygen atoms in total. The van der Waals surface area contributed by atoms with E-state index >= 15 is 0 Å². The maximum absolute atomic E-state index is 5.77. The number of aromatic nitrogens is 2. The van der Waals surface area contributed by atoms with Gasteiger partial charge in [-0.2, -0.15) is 0 Å². The van der Waals surface area contributed by atoms with Gasteiger partial charge in [-0.1, -0.05) is 13.3 Å². The summed E-state index contributed by atoms with van der Waals surface area (Å²) in [5, 5.41) is 0.338. The highest BCUT2D eigenvalue weighted by molar-refractivity contribution is 6.28. The zero-order valence-corrected chi connectivity index (χ0v) is 9.74. The Labute approximate surface area is 95.5 Å². The molecule has 0 aromatic carbocycles. The van der Waals surface area contributed by atoms with Crippen LogP contribution >= 0.6 is 11.6 Å². The third-order valence-electron chi connectivity index (χ3n) is 3.13. The van der Waals surface area contributed by atoms with Gasteiger partial charge in [-0.3, -0.25) is 0 Å². The molecule has 1 aromatic heterocycles. The Kier molecular flexibility index (Phi) is 3.41. The molecule has 0 unspecified atom stereocenters. The molecule has 1 aliphatic rings. The zero-order valence-electron chi connectivity index (χ0n) is 8.99. The number of nitrogens with zero attached hydrogens (tertiary/aromatic N) is 3. The van der Waals surface area contributed by atoms with Gasteiger partial charge in [-0.15, -0.1) is 0 Å². The highest BCUT2D eigenvalue weighted by atomic mass is 35.5. The lowest BCUT2D eigenvalue weighted by atomic mass is 9.94. The number of hydrogen-bond acceptors (Lipinski definition) is 3. The van der Waals surface area contributed by atoms with E-state index in [1.807, 2.05) is 6.07 Å². The van der Waals surface area contributed by atoms with E-state index in [2.05, 4.69) is 21.8 Å². The van der Waals surface area contributed by atoms with E-state index in [-0.39, 0.29) is 0 Å². The van der Waals surface area contributed by atoms with E-state index in [0.717, 1.165) is 24.8 Å². The Morgan fingerprint density at radius 2 is 2.20 bits per heavy atom. The minimum atomic E-state index is 0.338. The molecular weight excluding hydrogens is 210 g/mol. The van der Waals surface area contributed by atoms with Gasteiger partial charge in [-0.05, 0) is 36.4 Å². The van der Waals surface area contributed by atoms with Crippen LogP contribution in [-0.2, 0) is 0 Å². The summed E-state index contributed by atoms with van der Waals surface area (Å²) < 4.78 is 0. The molecule has 1 saturated heterocycles. The van der Waals surface area contributed by atoms with Crippen molar-refractivity contribution in [3.63, 3.8) is 0 Å². The van der Waals surface area contributed by atoms with E-state index in [0.29, 0.717) is 5.28 Å². The first-order chi connectivity index (χ1) is 7.29. The standard InChI is InChI=1S/C11H16ClN3/c1-2-9-4-7-15(8-5-9)10-3-6-13-11(12)14-10/h3,6,9H,2,4-5,7-8H2,1H3. The lowest BCUT2D eigenvalue weighted by molar-refractivity contribution is 0.393. The van der Waals surface area contributed by atoms with Gasteiger partial charge in [0.05, 0.1) is 0 Å². The van der Waals surface area contributed by atoms with Crippen LogP contribution in [0.15, 0.2) is 12.3 Å². The second kappa shape index (κ2) is 4.79. The summed E-state index contributed by atoms with van der Waals surface area (Å²) in [6, 6.07) is 1.93. The molecule has 0 spiro atoms. The van der Waals surface area contributed by atoms with Crippen molar-refractivity contribution in [2.45, 2.75) is 26.2 Å². The quantitative estimate of drug-likeness (QED) is 0.725. The van der Waals surface area contributed by atoms with Gasteiger partial charge in [-0.25, -0.2) is 9.97 Å². The van der Waals surface area contributed by atoms with Crippen LogP contribution in [0.25, 0.3) is 0 Å². The molecule has 1 aliphatic heterocycles. The Morgan fingerprint density at radius 3 is 2.80 bits per heavy atom. The number of piperidine rings is 1. The molecule has 0 saturated carbocycles. The van der Waals surface area contributed by atoms with Gasteiger partial charge < -0.3 is 4.90 Å². The Hall–Kier alpha value is -0.830. The van der Waals surface area contributed by atoms with Crippen LogP contribution in [0, 0.1) is 5.92 Å². The molecule has 0 radical (unpaired) electrons. The monoisotopic (exact) mass is 225 g/mol. The van der Waals surface area contributed by atoms with Crippen molar-refractivity contribution in [2.75, 3.05) is 18.0 Å². The number of hydrogen-bond donors (Lipinski definition) is 0. The van der Waals surface area contributed by atoms with Gasteiger partial charge in [0.15, 0.2) is 0 Å². The lowest BCUT2D eigenvalue weighted by Crippen LogP contribution is -2.34. The molecule has 0 bridgehead atoms. The highest BCUT2D eigenvalue weighted by Gasteiger charge is 2.18. The Bertz CT molecular complexity index is 321. The number of rotatable bonds is 2. The lowest BCUT2D eigenvalue weighted by Gasteiger charge is -2.32. The van der Waals surface area contributed by atoms with E-state index in [1.165, 1.54) is 19.3 Å². The van der Waals surface area contributed by atoms with Crippen molar-refractivity contribution in [1.82, 2.24) is 9.97 Å². The summed E-state index contributed by atoms with van der Waals surface area (Å²) in [6.45, 7) is 4.44. The van der Waals surface area contributed by atoms with Crippen molar-refractivity contribution in [1.29, 1.82) is 0 Å². The first kappa shape index (κ1) is 10.7. The molecule has 15 heavy (non-hydrogen) atoms. The molecule has 82 valence electrons. The molecule has 0 aliphatic carbocycles. The Morgan fingerprint density at radius 1 is 1.47 bits per heavy atom. The molecule has 2 rings (SSSR count). The summed E-state index contributed by atoms with van der Waals surface area (Å²) in [5.41, 5.74) is 0. The van der Waals surface area contributed by atoms with Crippen LogP contribution in [0.3, 0.4) is 0 Å². The number of anilines is 1. The topological polar surface area (TPSA) is 29.0 Å². The fourth-order valence-corrected chi connectivity index (χ4v) is 2.22. The third-order valence-corrected chi connectivity index (χ3v) is 3.31. The minimum Gasteiger partial charge on any atom is -0.356 e. The fourth-order valence-electron chi connectivity index (χ4n) is 2.07. The molecule has 2 heterocycles. The van der Waals surface area contributed by atoms with Gasteiger partial charge in [0.1, 0.15) is 5.82 Å². The van der Waals surface area contributed by atoms with Gasteiger partial charge in [0, 0.05) is 19.3 Å². The minimum absolute atomic E-state index is 0.338. The summed E-state index contributed by atoms with van der Waals surface area (Å²) in [4.78, 5) is 10.4. The maximum atomic E-state index is 5.77. The van der Waals surface area contributed by atoms with E-state index in [4.69, 9.17) is 11.6 Å². The Balaban J connectivity index is 2.01. The first-order valence-corrected chi connectivity index (χ1v) is 5.91. The smallest absolute Gasteiger partial charge is 0.224 e. The van der Waals surface area contributed by atoms with E-state index < -0.39 is 0 Å². The fraction of sp³-hybridized carbons (Fsp3) is 0.636.